The fourth-order valence-corrected chi connectivity index (χ4v) is 0.991. The first-order valence-corrected chi connectivity index (χ1v) is 3.57. The third-order valence-electron chi connectivity index (χ3n) is 1.91. The van der Waals surface area contributed by atoms with E-state index in [9.17, 15) is 0 Å². The maximum atomic E-state index is 5.74. The monoisotopic (exact) mass is 241 g/mol. The summed E-state index contributed by atoms with van der Waals surface area (Å²) in [6.07, 6.45) is 1.78. The van der Waals surface area contributed by atoms with Crippen LogP contribution in [0, 0.1) is 13.8 Å². The van der Waals surface area contributed by atoms with Crippen LogP contribution in [0.15, 0.2) is 6.20 Å². The van der Waals surface area contributed by atoms with Gasteiger partial charge in [-0.05, 0) is 25.0 Å². The number of nitrogen functional groups attached to an aromatic ring is 1. The second kappa shape index (κ2) is 7.82. The first kappa shape index (κ1) is 19.1. The Kier molecular flexibility index (Phi) is 10.7. The molecule has 0 spiro atoms. The smallest absolute Gasteiger partial charge is 0.0604 e. The summed E-state index contributed by atoms with van der Waals surface area (Å²) in [5.41, 5.74) is 14.9. The number of nitrogens with zero attached hydrogens (tertiary/aromatic N) is 1. The zero-order valence-electron chi connectivity index (χ0n) is 8.20. The summed E-state index contributed by atoms with van der Waals surface area (Å²) in [7, 11) is 0. The lowest BCUT2D eigenvalue weighted by atomic mass is 10.1. The van der Waals surface area contributed by atoms with E-state index in [1.165, 1.54) is 0 Å². The van der Waals surface area contributed by atoms with E-state index in [1.807, 2.05) is 13.8 Å². The fourth-order valence-electron chi connectivity index (χ4n) is 0.991. The minimum absolute atomic E-state index is 0. The van der Waals surface area contributed by atoms with E-state index in [0.29, 0.717) is 6.54 Å². The molecule has 1 aromatic heterocycles. The molecular formula is C8H17Cl2N3O. The highest BCUT2D eigenvalue weighted by Gasteiger charge is 2.02. The van der Waals surface area contributed by atoms with Gasteiger partial charge in [0, 0.05) is 12.7 Å². The predicted octanol–water partition coefficient (Wildman–Crippen LogP) is 0.758. The molecule has 0 aliphatic rings. The third kappa shape index (κ3) is 3.67. The van der Waals surface area contributed by atoms with Gasteiger partial charge in [0.2, 0.25) is 0 Å². The molecule has 1 aromatic rings. The van der Waals surface area contributed by atoms with Crippen LogP contribution < -0.4 is 11.5 Å². The fraction of sp³-hybridized carbons (Fsp3) is 0.375. The number of hydrogen-bond donors (Lipinski definition) is 2. The van der Waals surface area contributed by atoms with E-state index in [4.69, 9.17) is 11.5 Å². The summed E-state index contributed by atoms with van der Waals surface area (Å²) in [4.78, 5) is 4.11. The maximum Gasteiger partial charge on any atom is 0.0604 e. The summed E-state index contributed by atoms with van der Waals surface area (Å²) in [6.45, 7) is 4.36. The van der Waals surface area contributed by atoms with Crippen LogP contribution >= 0.6 is 24.8 Å². The Morgan fingerprint density at radius 2 is 1.79 bits per heavy atom. The maximum absolute atomic E-state index is 5.74. The van der Waals surface area contributed by atoms with Crippen LogP contribution in [0.1, 0.15) is 16.8 Å². The molecule has 0 saturated heterocycles. The molecule has 6 heteroatoms. The summed E-state index contributed by atoms with van der Waals surface area (Å²) in [5, 5.41) is 0. The van der Waals surface area contributed by atoms with Gasteiger partial charge in [-0.2, -0.15) is 0 Å². The summed E-state index contributed by atoms with van der Waals surface area (Å²) >= 11 is 0. The van der Waals surface area contributed by atoms with Gasteiger partial charge in [-0.3, -0.25) is 4.98 Å². The number of aromatic nitrogens is 1. The highest BCUT2D eigenvalue weighted by molar-refractivity contribution is 5.85. The number of nitrogens with two attached hydrogens (primary N) is 2. The van der Waals surface area contributed by atoms with Crippen molar-refractivity contribution < 1.29 is 5.48 Å². The van der Waals surface area contributed by atoms with Gasteiger partial charge in [0.25, 0.3) is 0 Å². The Labute approximate surface area is 96.2 Å². The van der Waals surface area contributed by atoms with Gasteiger partial charge >= 0.3 is 0 Å². The normalized spacial score (nSPS) is 7.93. The number of halogens is 2. The number of rotatable bonds is 1. The van der Waals surface area contributed by atoms with Crippen LogP contribution in [0.25, 0.3) is 0 Å². The third-order valence-corrected chi connectivity index (χ3v) is 1.91. The molecule has 84 valence electrons. The SMILES string of the molecule is Cc1ncc(CN)c(C)c1N.Cl.Cl.O. The van der Waals surface area contributed by atoms with Crippen molar-refractivity contribution in [3.63, 3.8) is 0 Å². The van der Waals surface area contributed by atoms with Gasteiger partial charge in [-0.1, -0.05) is 0 Å². The standard InChI is InChI=1S/C8H13N3.2ClH.H2O/c1-5-7(3-9)4-11-6(2)8(5)10;;;/h4H,3,9-10H2,1-2H3;2*1H;1H2. The van der Waals surface area contributed by atoms with Gasteiger partial charge in [-0.15, -0.1) is 24.8 Å². The molecule has 0 bridgehead atoms. The van der Waals surface area contributed by atoms with Crippen molar-refractivity contribution >= 4 is 30.5 Å². The van der Waals surface area contributed by atoms with E-state index in [-0.39, 0.29) is 30.3 Å². The van der Waals surface area contributed by atoms with Gasteiger partial charge < -0.3 is 16.9 Å². The van der Waals surface area contributed by atoms with E-state index in [2.05, 4.69) is 4.98 Å². The molecule has 0 aliphatic heterocycles. The molecule has 0 aromatic carbocycles. The molecule has 0 radical (unpaired) electrons. The molecule has 0 unspecified atom stereocenters. The van der Waals surface area contributed by atoms with Crippen molar-refractivity contribution in [3.8, 4) is 0 Å². The second-order valence-corrected chi connectivity index (χ2v) is 2.61. The molecule has 1 rings (SSSR count). The lowest BCUT2D eigenvalue weighted by Crippen LogP contribution is -2.04. The molecule has 1 heterocycles. The minimum Gasteiger partial charge on any atom is -0.412 e. The highest BCUT2D eigenvalue weighted by atomic mass is 35.5. The lowest BCUT2D eigenvalue weighted by Gasteiger charge is -2.07. The van der Waals surface area contributed by atoms with E-state index >= 15 is 0 Å². The predicted molar refractivity (Wildman–Crippen MR) is 64.1 cm³/mol. The largest absolute Gasteiger partial charge is 0.412 e. The van der Waals surface area contributed by atoms with Crippen LogP contribution in [-0.2, 0) is 6.54 Å². The molecule has 0 saturated carbocycles. The van der Waals surface area contributed by atoms with Crippen molar-refractivity contribution in [2.24, 2.45) is 5.73 Å². The summed E-state index contributed by atoms with van der Waals surface area (Å²) < 4.78 is 0. The van der Waals surface area contributed by atoms with Crippen LogP contribution in [-0.4, -0.2) is 10.5 Å². The second-order valence-electron chi connectivity index (χ2n) is 2.61. The first-order chi connectivity index (χ1) is 5.16. The van der Waals surface area contributed by atoms with Crippen molar-refractivity contribution in [1.82, 2.24) is 4.98 Å². The number of anilines is 1. The first-order valence-electron chi connectivity index (χ1n) is 3.57. The Bertz CT molecular complexity index is 282. The molecule has 0 atom stereocenters. The number of aryl methyl sites for hydroxylation is 1. The molecular weight excluding hydrogens is 225 g/mol. The quantitative estimate of drug-likeness (QED) is 0.760. The zero-order valence-corrected chi connectivity index (χ0v) is 9.84. The van der Waals surface area contributed by atoms with Gasteiger partial charge in [0.15, 0.2) is 0 Å². The molecule has 0 amide bonds. The Morgan fingerprint density at radius 3 is 2.21 bits per heavy atom. The Morgan fingerprint density at radius 1 is 1.29 bits per heavy atom. The van der Waals surface area contributed by atoms with Crippen LogP contribution in [0.4, 0.5) is 5.69 Å². The van der Waals surface area contributed by atoms with Gasteiger partial charge in [0.05, 0.1) is 11.4 Å². The van der Waals surface area contributed by atoms with Gasteiger partial charge in [0.1, 0.15) is 0 Å². The Balaban J connectivity index is -0.000000403. The van der Waals surface area contributed by atoms with E-state index in [1.54, 1.807) is 6.20 Å². The summed E-state index contributed by atoms with van der Waals surface area (Å²) in [6, 6.07) is 0. The van der Waals surface area contributed by atoms with Crippen molar-refractivity contribution in [2.75, 3.05) is 5.73 Å². The van der Waals surface area contributed by atoms with Crippen molar-refractivity contribution in [3.05, 3.63) is 23.0 Å². The van der Waals surface area contributed by atoms with Crippen LogP contribution in [0.5, 0.6) is 0 Å². The molecule has 4 nitrogen and oxygen atoms in total. The van der Waals surface area contributed by atoms with Crippen molar-refractivity contribution in [1.29, 1.82) is 0 Å². The number of pyridine rings is 1. The van der Waals surface area contributed by atoms with E-state index in [0.717, 1.165) is 22.5 Å². The minimum atomic E-state index is 0. The molecule has 0 aliphatic carbocycles. The summed E-state index contributed by atoms with van der Waals surface area (Å²) in [5.74, 6) is 0. The Hall–Kier alpha value is -0.550. The van der Waals surface area contributed by atoms with Gasteiger partial charge in [-0.25, -0.2) is 0 Å². The van der Waals surface area contributed by atoms with E-state index < -0.39 is 0 Å². The average molecular weight is 242 g/mol. The average Bonchev–Trinajstić information content (AvgIpc) is 2.01. The lowest BCUT2D eigenvalue weighted by molar-refractivity contribution is 0.824. The topological polar surface area (TPSA) is 96.4 Å². The van der Waals surface area contributed by atoms with Crippen LogP contribution in [0.2, 0.25) is 0 Å². The molecule has 6 N–H and O–H groups in total. The molecule has 14 heavy (non-hydrogen) atoms. The van der Waals surface area contributed by atoms with Crippen LogP contribution in [0.3, 0.4) is 0 Å². The highest BCUT2D eigenvalue weighted by Crippen LogP contribution is 2.16. The van der Waals surface area contributed by atoms with Crippen molar-refractivity contribution in [2.45, 2.75) is 20.4 Å². The molecule has 0 fully saturated rings. The number of hydrogen-bond acceptors (Lipinski definition) is 3. The zero-order chi connectivity index (χ0) is 8.43.